The maximum absolute atomic E-state index is 12.5. The van der Waals surface area contributed by atoms with Gasteiger partial charge in [0, 0.05) is 19.0 Å². The number of rotatable bonds is 5. The summed E-state index contributed by atoms with van der Waals surface area (Å²) in [5.41, 5.74) is 1.35. The van der Waals surface area contributed by atoms with Crippen LogP contribution in [0.3, 0.4) is 0 Å². The van der Waals surface area contributed by atoms with Crippen LogP contribution in [-0.4, -0.2) is 23.3 Å². The molecule has 1 aromatic carbocycles. The molecule has 0 spiro atoms. The number of carbonyl (C=O) groups excluding carboxylic acids is 1. The van der Waals surface area contributed by atoms with Crippen LogP contribution in [0.5, 0.6) is 0 Å². The van der Waals surface area contributed by atoms with Crippen molar-refractivity contribution in [1.82, 2.24) is 4.90 Å². The molecule has 1 fully saturated rings. The first-order chi connectivity index (χ1) is 10.8. The summed E-state index contributed by atoms with van der Waals surface area (Å²) >= 11 is 1.56. The summed E-state index contributed by atoms with van der Waals surface area (Å²) in [5, 5.41) is 1.99. The molecule has 1 aliphatic rings. The minimum atomic E-state index is 0.306. The molecule has 2 heterocycles. The summed E-state index contributed by atoms with van der Waals surface area (Å²) in [6, 6.07) is 14.9. The van der Waals surface area contributed by atoms with E-state index >= 15 is 0 Å². The molecule has 1 aliphatic heterocycles. The van der Waals surface area contributed by atoms with Crippen molar-refractivity contribution in [3.05, 3.63) is 58.3 Å². The van der Waals surface area contributed by atoms with Gasteiger partial charge in [-0.1, -0.05) is 49.2 Å². The molecular formula is C19H23NOS. The zero-order valence-electron chi connectivity index (χ0n) is 12.9. The SMILES string of the molecule is O=C(C[C@H]1CCCCCN1Cc1ccccc1)c1cccs1. The Labute approximate surface area is 136 Å². The molecule has 1 saturated heterocycles. The van der Waals surface area contributed by atoms with Crippen molar-refractivity contribution in [1.29, 1.82) is 0 Å². The first-order valence-electron chi connectivity index (χ1n) is 8.17. The van der Waals surface area contributed by atoms with Gasteiger partial charge in [0.25, 0.3) is 0 Å². The molecule has 2 aromatic rings. The zero-order chi connectivity index (χ0) is 15.2. The molecule has 0 N–H and O–H groups in total. The average Bonchev–Trinajstić information content (AvgIpc) is 3.00. The largest absolute Gasteiger partial charge is 0.296 e. The molecule has 3 heteroatoms. The molecule has 2 nitrogen and oxygen atoms in total. The number of ketones is 1. The average molecular weight is 313 g/mol. The van der Waals surface area contributed by atoms with E-state index in [0.717, 1.165) is 24.4 Å². The van der Waals surface area contributed by atoms with Crippen LogP contribution in [-0.2, 0) is 6.54 Å². The van der Waals surface area contributed by atoms with Gasteiger partial charge in [0.05, 0.1) is 4.88 Å². The van der Waals surface area contributed by atoms with E-state index in [0.29, 0.717) is 18.2 Å². The summed E-state index contributed by atoms with van der Waals surface area (Å²) < 4.78 is 0. The van der Waals surface area contributed by atoms with Crippen LogP contribution in [0.15, 0.2) is 47.8 Å². The Hall–Kier alpha value is -1.45. The Morgan fingerprint density at radius 1 is 1.09 bits per heavy atom. The molecule has 116 valence electrons. The van der Waals surface area contributed by atoms with Crippen LogP contribution in [0.4, 0.5) is 0 Å². The fraction of sp³-hybridized carbons (Fsp3) is 0.421. The number of thiophene rings is 1. The molecule has 1 atom stereocenters. The Kier molecular flexibility index (Phi) is 5.41. The minimum Gasteiger partial charge on any atom is -0.296 e. The third kappa shape index (κ3) is 4.05. The van der Waals surface area contributed by atoms with Gasteiger partial charge >= 0.3 is 0 Å². The summed E-state index contributed by atoms with van der Waals surface area (Å²) in [7, 11) is 0. The van der Waals surface area contributed by atoms with Gasteiger partial charge in [0.15, 0.2) is 5.78 Å². The molecule has 3 rings (SSSR count). The van der Waals surface area contributed by atoms with E-state index in [2.05, 4.69) is 35.2 Å². The predicted molar refractivity (Wildman–Crippen MR) is 92.4 cm³/mol. The highest BCUT2D eigenvalue weighted by molar-refractivity contribution is 7.12. The number of Topliss-reactive ketones (excluding diaryl/α,β-unsaturated/α-hetero) is 1. The highest BCUT2D eigenvalue weighted by atomic mass is 32.1. The van der Waals surface area contributed by atoms with Crippen LogP contribution in [0.1, 0.15) is 47.3 Å². The third-order valence-corrected chi connectivity index (χ3v) is 5.36. The molecule has 0 radical (unpaired) electrons. The van der Waals surface area contributed by atoms with E-state index in [1.54, 1.807) is 11.3 Å². The van der Waals surface area contributed by atoms with Gasteiger partial charge in [0.2, 0.25) is 0 Å². The van der Waals surface area contributed by atoms with E-state index in [-0.39, 0.29) is 0 Å². The molecule has 0 aliphatic carbocycles. The van der Waals surface area contributed by atoms with E-state index in [4.69, 9.17) is 0 Å². The van der Waals surface area contributed by atoms with E-state index in [9.17, 15) is 4.79 Å². The molecule has 22 heavy (non-hydrogen) atoms. The van der Waals surface area contributed by atoms with Gasteiger partial charge in [-0.05, 0) is 36.4 Å². The number of nitrogens with zero attached hydrogens (tertiary/aromatic N) is 1. The quantitative estimate of drug-likeness (QED) is 0.741. The zero-order valence-corrected chi connectivity index (χ0v) is 13.7. The fourth-order valence-corrected chi connectivity index (χ4v) is 3.92. The Morgan fingerprint density at radius 3 is 2.73 bits per heavy atom. The monoisotopic (exact) mass is 313 g/mol. The van der Waals surface area contributed by atoms with Crippen molar-refractivity contribution in [3.63, 3.8) is 0 Å². The summed E-state index contributed by atoms with van der Waals surface area (Å²) in [4.78, 5) is 15.9. The van der Waals surface area contributed by atoms with Crippen LogP contribution < -0.4 is 0 Å². The van der Waals surface area contributed by atoms with Crippen molar-refractivity contribution in [2.75, 3.05) is 6.54 Å². The van der Waals surface area contributed by atoms with Gasteiger partial charge < -0.3 is 0 Å². The molecule has 0 bridgehead atoms. The minimum absolute atomic E-state index is 0.306. The van der Waals surface area contributed by atoms with Gasteiger partial charge in [-0.3, -0.25) is 9.69 Å². The van der Waals surface area contributed by atoms with Crippen molar-refractivity contribution in [2.24, 2.45) is 0 Å². The van der Waals surface area contributed by atoms with Crippen molar-refractivity contribution in [3.8, 4) is 0 Å². The van der Waals surface area contributed by atoms with Crippen LogP contribution in [0.2, 0.25) is 0 Å². The number of likely N-dealkylation sites (tertiary alicyclic amines) is 1. The fourth-order valence-electron chi connectivity index (χ4n) is 3.25. The van der Waals surface area contributed by atoms with Crippen LogP contribution in [0, 0.1) is 0 Å². The van der Waals surface area contributed by atoms with Crippen molar-refractivity contribution >= 4 is 17.1 Å². The summed E-state index contributed by atoms with van der Waals surface area (Å²) in [6.45, 7) is 2.07. The highest BCUT2D eigenvalue weighted by Gasteiger charge is 2.24. The molecule has 0 unspecified atom stereocenters. The number of hydrogen-bond acceptors (Lipinski definition) is 3. The molecule has 0 saturated carbocycles. The summed E-state index contributed by atoms with van der Waals surface area (Å²) in [6.07, 6.45) is 5.58. The normalized spacial score (nSPS) is 19.7. The summed E-state index contributed by atoms with van der Waals surface area (Å²) in [5.74, 6) is 0.306. The van der Waals surface area contributed by atoms with Crippen LogP contribution >= 0.6 is 11.3 Å². The maximum atomic E-state index is 12.5. The standard InChI is InChI=1S/C19H23NOS/c21-18(19-11-7-13-22-19)14-17-10-5-2-6-12-20(17)15-16-8-3-1-4-9-16/h1,3-4,7-9,11,13,17H,2,5-6,10,12,14-15H2/t17-/m1/s1. The Balaban J connectivity index is 1.69. The maximum Gasteiger partial charge on any atom is 0.174 e. The van der Waals surface area contributed by atoms with Crippen molar-refractivity contribution < 1.29 is 4.79 Å². The topological polar surface area (TPSA) is 20.3 Å². The second-order valence-electron chi connectivity index (χ2n) is 6.06. The lowest BCUT2D eigenvalue weighted by atomic mass is 10.0. The Bertz CT molecular complexity index is 579. The van der Waals surface area contributed by atoms with E-state index in [1.807, 2.05) is 17.5 Å². The number of benzene rings is 1. The lowest BCUT2D eigenvalue weighted by Crippen LogP contribution is -2.36. The van der Waals surface area contributed by atoms with Gasteiger partial charge in [-0.25, -0.2) is 0 Å². The third-order valence-electron chi connectivity index (χ3n) is 4.44. The number of hydrogen-bond donors (Lipinski definition) is 0. The Morgan fingerprint density at radius 2 is 1.95 bits per heavy atom. The first kappa shape index (κ1) is 15.4. The number of carbonyl (C=O) groups is 1. The molecule has 1 aromatic heterocycles. The van der Waals surface area contributed by atoms with Gasteiger partial charge in [-0.2, -0.15) is 0 Å². The second kappa shape index (κ2) is 7.70. The highest BCUT2D eigenvalue weighted by Crippen LogP contribution is 2.24. The molecular weight excluding hydrogens is 290 g/mol. The smallest absolute Gasteiger partial charge is 0.174 e. The predicted octanol–water partition coefficient (Wildman–Crippen LogP) is 4.77. The van der Waals surface area contributed by atoms with E-state index < -0.39 is 0 Å². The first-order valence-corrected chi connectivity index (χ1v) is 9.05. The van der Waals surface area contributed by atoms with Gasteiger partial charge in [-0.15, -0.1) is 11.3 Å². The molecule has 0 amide bonds. The van der Waals surface area contributed by atoms with E-state index in [1.165, 1.54) is 24.8 Å². The lowest BCUT2D eigenvalue weighted by Gasteiger charge is -2.29. The second-order valence-corrected chi connectivity index (χ2v) is 7.01. The van der Waals surface area contributed by atoms with Crippen molar-refractivity contribution in [2.45, 2.75) is 44.7 Å². The van der Waals surface area contributed by atoms with Crippen LogP contribution in [0.25, 0.3) is 0 Å². The lowest BCUT2D eigenvalue weighted by molar-refractivity contribution is 0.0915. The van der Waals surface area contributed by atoms with Gasteiger partial charge in [0.1, 0.15) is 0 Å².